The van der Waals surface area contributed by atoms with Crippen LogP contribution in [-0.2, 0) is 32.0 Å². The quantitative estimate of drug-likeness (QED) is 0.261. The second-order valence-electron chi connectivity index (χ2n) is 9.24. The Morgan fingerprint density at radius 3 is 2.37 bits per heavy atom. The lowest BCUT2D eigenvalue weighted by molar-refractivity contribution is -0.149. The molecule has 10 heteroatoms. The number of nitrogens with two attached hydrogens (primary N) is 1. The lowest BCUT2D eigenvalue weighted by Gasteiger charge is -2.27. The molecule has 1 fully saturated rings. The number of phenolic OH excluding ortho intramolecular Hbond substituents is 1. The summed E-state index contributed by atoms with van der Waals surface area (Å²) in [6, 6.07) is 13.1. The van der Waals surface area contributed by atoms with Crippen LogP contribution in [0.25, 0.3) is 0 Å². The Morgan fingerprint density at radius 2 is 1.68 bits per heavy atom. The van der Waals surface area contributed by atoms with E-state index in [1.165, 1.54) is 17.0 Å². The van der Waals surface area contributed by atoms with Crippen LogP contribution < -0.4 is 16.4 Å². The molecule has 1 aliphatic rings. The van der Waals surface area contributed by atoms with Crippen molar-refractivity contribution >= 4 is 23.7 Å². The average Bonchev–Trinajstić information content (AvgIpc) is 3.40. The van der Waals surface area contributed by atoms with E-state index >= 15 is 0 Å². The van der Waals surface area contributed by atoms with Crippen molar-refractivity contribution in [3.8, 4) is 5.75 Å². The predicted molar refractivity (Wildman–Crippen MR) is 141 cm³/mol. The van der Waals surface area contributed by atoms with E-state index in [-0.39, 0.29) is 31.0 Å². The van der Waals surface area contributed by atoms with Gasteiger partial charge < -0.3 is 31.5 Å². The number of nitrogens with one attached hydrogen (secondary N) is 2. The van der Waals surface area contributed by atoms with E-state index < -0.39 is 35.9 Å². The summed E-state index contributed by atoms with van der Waals surface area (Å²) in [7, 11) is 0. The molecule has 202 valence electrons. The van der Waals surface area contributed by atoms with Crippen molar-refractivity contribution < 1.29 is 29.4 Å². The number of carbonyl (C=O) groups excluding carboxylic acids is 3. The topological polar surface area (TPSA) is 162 Å². The number of hydrogen-bond donors (Lipinski definition) is 5. The third-order valence-electron chi connectivity index (χ3n) is 6.33. The van der Waals surface area contributed by atoms with E-state index in [2.05, 4.69) is 10.6 Å². The van der Waals surface area contributed by atoms with Gasteiger partial charge >= 0.3 is 5.97 Å². The monoisotopic (exact) mass is 522 g/mol. The molecule has 6 N–H and O–H groups in total. The molecule has 3 atom stereocenters. The molecule has 3 amide bonds. The van der Waals surface area contributed by atoms with Crippen molar-refractivity contribution in [1.29, 1.82) is 0 Å². The maximum atomic E-state index is 13.2. The van der Waals surface area contributed by atoms with Gasteiger partial charge in [0, 0.05) is 25.9 Å². The second kappa shape index (κ2) is 13.9. The first kappa shape index (κ1) is 28.4. The number of aromatic hydroxyl groups is 1. The number of aliphatic carboxylic acids is 1. The number of phenols is 1. The van der Waals surface area contributed by atoms with E-state index in [0.29, 0.717) is 25.8 Å². The third-order valence-corrected chi connectivity index (χ3v) is 6.33. The number of carboxylic acid groups (broad SMARTS) is 1. The van der Waals surface area contributed by atoms with Gasteiger partial charge in [-0.25, -0.2) is 4.79 Å². The first-order chi connectivity index (χ1) is 18.2. The number of likely N-dealkylation sites (tertiary alicyclic amines) is 1. The largest absolute Gasteiger partial charge is 0.508 e. The molecule has 3 rings (SSSR count). The van der Waals surface area contributed by atoms with Crippen molar-refractivity contribution in [2.75, 3.05) is 13.1 Å². The Hall–Kier alpha value is -4.18. The number of carbonyl (C=O) groups is 4. The molecule has 0 aliphatic carbocycles. The fraction of sp³-hybridized carbons (Fsp3) is 0.357. The highest BCUT2D eigenvalue weighted by Gasteiger charge is 2.37. The number of benzene rings is 2. The second-order valence-corrected chi connectivity index (χ2v) is 9.24. The molecule has 1 saturated heterocycles. The number of amides is 3. The molecule has 2 aromatic rings. The minimum Gasteiger partial charge on any atom is -0.508 e. The third kappa shape index (κ3) is 8.45. The summed E-state index contributed by atoms with van der Waals surface area (Å²) in [6.45, 7) is 0.515. The minimum absolute atomic E-state index is 0.0175. The molecule has 0 aromatic heterocycles. The van der Waals surface area contributed by atoms with E-state index in [4.69, 9.17) is 5.73 Å². The Kier molecular flexibility index (Phi) is 10.4. The van der Waals surface area contributed by atoms with Crippen LogP contribution in [0.5, 0.6) is 5.75 Å². The van der Waals surface area contributed by atoms with Crippen LogP contribution in [0.2, 0.25) is 0 Å². The van der Waals surface area contributed by atoms with Crippen molar-refractivity contribution in [2.45, 2.75) is 50.2 Å². The van der Waals surface area contributed by atoms with Crippen molar-refractivity contribution in [1.82, 2.24) is 15.5 Å². The highest BCUT2D eigenvalue weighted by molar-refractivity contribution is 5.91. The van der Waals surface area contributed by atoms with Crippen molar-refractivity contribution in [2.24, 2.45) is 5.73 Å². The number of hydrogen-bond acceptors (Lipinski definition) is 6. The van der Waals surface area contributed by atoms with E-state index in [1.54, 1.807) is 24.3 Å². The maximum absolute atomic E-state index is 13.2. The Bertz CT molecular complexity index is 1140. The molecule has 0 bridgehead atoms. The molecule has 10 nitrogen and oxygen atoms in total. The summed E-state index contributed by atoms with van der Waals surface area (Å²) in [4.78, 5) is 51.0. The first-order valence-corrected chi connectivity index (χ1v) is 12.6. The molecular weight excluding hydrogens is 488 g/mol. The van der Waals surface area contributed by atoms with Gasteiger partial charge in [-0.3, -0.25) is 14.4 Å². The summed E-state index contributed by atoms with van der Waals surface area (Å²) in [5.74, 6) is -2.06. The number of carboxylic acids is 1. The normalized spacial score (nSPS) is 16.7. The lowest BCUT2D eigenvalue weighted by atomic mass is 10.0. The van der Waals surface area contributed by atoms with Gasteiger partial charge in [0.15, 0.2) is 0 Å². The van der Waals surface area contributed by atoms with Crippen LogP contribution in [-0.4, -0.2) is 70.0 Å². The predicted octanol–water partition coefficient (Wildman–Crippen LogP) is 1.13. The summed E-state index contributed by atoms with van der Waals surface area (Å²) in [5, 5.41) is 24.2. The number of rotatable bonds is 12. The van der Waals surface area contributed by atoms with Crippen LogP contribution in [0.3, 0.4) is 0 Å². The van der Waals surface area contributed by atoms with Gasteiger partial charge in [-0.05, 0) is 42.5 Å². The number of nitrogens with zero attached hydrogens (tertiary/aromatic N) is 1. The van der Waals surface area contributed by atoms with Crippen molar-refractivity contribution in [3.63, 3.8) is 0 Å². The zero-order valence-electron chi connectivity index (χ0n) is 21.1. The molecular formula is C28H34N4O6. The standard InChI is InChI=1S/C28H34N4O6/c29-22(17-20-11-13-21(33)14-12-20)26(35)30-15-5-4-10-25(34)31-23(18-19-7-2-1-3-8-19)27(36)32-16-6-9-24(32)28(37)38/h1-5,7-8,11-14,22-24,33H,6,9-10,15-18,29H2,(H,30,35)(H,31,34)(H,37,38)/b5-4+/t22-,23-,24-/m0/s1. The summed E-state index contributed by atoms with van der Waals surface area (Å²) < 4.78 is 0. The first-order valence-electron chi connectivity index (χ1n) is 12.6. The van der Waals surface area contributed by atoms with E-state index in [0.717, 1.165) is 11.1 Å². The Labute approximate surface area is 221 Å². The smallest absolute Gasteiger partial charge is 0.326 e. The Morgan fingerprint density at radius 1 is 1.00 bits per heavy atom. The molecule has 0 unspecified atom stereocenters. The summed E-state index contributed by atoms with van der Waals surface area (Å²) >= 11 is 0. The molecule has 1 aliphatic heterocycles. The highest BCUT2D eigenvalue weighted by Crippen LogP contribution is 2.20. The lowest BCUT2D eigenvalue weighted by Crippen LogP contribution is -2.52. The molecule has 1 heterocycles. The molecule has 0 saturated carbocycles. The summed E-state index contributed by atoms with van der Waals surface area (Å²) in [6.07, 6.45) is 4.74. The van der Waals surface area contributed by atoms with Crippen LogP contribution in [0, 0.1) is 0 Å². The van der Waals surface area contributed by atoms with Crippen LogP contribution >= 0.6 is 0 Å². The van der Waals surface area contributed by atoms with Gasteiger partial charge in [0.05, 0.1) is 6.04 Å². The fourth-order valence-electron chi connectivity index (χ4n) is 4.33. The van der Waals surface area contributed by atoms with Crippen molar-refractivity contribution in [3.05, 3.63) is 77.9 Å². The Balaban J connectivity index is 1.50. The van der Waals surface area contributed by atoms with Gasteiger partial charge in [0.1, 0.15) is 17.8 Å². The SMILES string of the molecule is N[C@@H](Cc1ccc(O)cc1)C(=O)NC/C=C/CC(=O)N[C@@H](Cc1ccccc1)C(=O)N1CCC[C@H]1C(=O)O. The van der Waals surface area contributed by atoms with Crippen LogP contribution in [0.15, 0.2) is 66.7 Å². The van der Waals surface area contributed by atoms with Gasteiger partial charge in [0.2, 0.25) is 17.7 Å². The van der Waals surface area contributed by atoms with Crippen LogP contribution in [0.4, 0.5) is 0 Å². The van der Waals surface area contributed by atoms with Gasteiger partial charge in [-0.2, -0.15) is 0 Å². The molecule has 0 spiro atoms. The van der Waals surface area contributed by atoms with Gasteiger partial charge in [-0.1, -0.05) is 54.6 Å². The van der Waals surface area contributed by atoms with E-state index in [9.17, 15) is 29.4 Å². The minimum atomic E-state index is -1.05. The zero-order valence-corrected chi connectivity index (χ0v) is 21.1. The fourth-order valence-corrected chi connectivity index (χ4v) is 4.33. The molecule has 2 aromatic carbocycles. The average molecular weight is 523 g/mol. The highest BCUT2D eigenvalue weighted by atomic mass is 16.4. The maximum Gasteiger partial charge on any atom is 0.326 e. The summed E-state index contributed by atoms with van der Waals surface area (Å²) in [5.41, 5.74) is 7.61. The van der Waals surface area contributed by atoms with Gasteiger partial charge in [0.25, 0.3) is 0 Å². The molecule has 38 heavy (non-hydrogen) atoms. The van der Waals surface area contributed by atoms with Crippen LogP contribution in [0.1, 0.15) is 30.4 Å². The van der Waals surface area contributed by atoms with E-state index in [1.807, 2.05) is 30.3 Å². The van der Waals surface area contributed by atoms with Gasteiger partial charge in [-0.15, -0.1) is 0 Å². The zero-order chi connectivity index (χ0) is 27.5. The molecule has 0 radical (unpaired) electrons.